The predicted molar refractivity (Wildman–Crippen MR) is 96.9 cm³/mol. The maximum absolute atomic E-state index is 12.3. The molecule has 0 saturated carbocycles. The normalized spacial score (nSPS) is 10.9. The van der Waals surface area contributed by atoms with Crippen LogP contribution in [0.1, 0.15) is 10.6 Å². The van der Waals surface area contributed by atoms with Gasteiger partial charge in [-0.2, -0.15) is 0 Å². The molecule has 4 aromatic rings. The van der Waals surface area contributed by atoms with Crippen LogP contribution in [0.2, 0.25) is 0 Å². The first-order chi connectivity index (χ1) is 12.2. The van der Waals surface area contributed by atoms with Crippen LogP contribution in [0.5, 0.6) is 0 Å². The smallest absolute Gasteiger partial charge is 0.296 e. The number of carbonyl (C=O) groups excluding carboxylic acids is 1. The molecule has 1 N–H and O–H groups in total. The van der Waals surface area contributed by atoms with Gasteiger partial charge in [-0.05, 0) is 17.7 Å². The Morgan fingerprint density at radius 3 is 2.96 bits per heavy atom. The third-order valence-corrected chi connectivity index (χ3v) is 5.27. The van der Waals surface area contributed by atoms with Gasteiger partial charge in [-0.15, -0.1) is 10.2 Å². The molecule has 4 rings (SSSR count). The van der Waals surface area contributed by atoms with Gasteiger partial charge in [-0.1, -0.05) is 52.5 Å². The Bertz CT molecular complexity index is 1050. The zero-order valence-corrected chi connectivity index (χ0v) is 14.6. The Morgan fingerprint density at radius 2 is 2.12 bits per heavy atom. The molecule has 0 fully saturated rings. The van der Waals surface area contributed by atoms with E-state index < -0.39 is 5.91 Å². The second kappa shape index (κ2) is 6.61. The van der Waals surface area contributed by atoms with E-state index in [-0.39, 0.29) is 5.76 Å². The van der Waals surface area contributed by atoms with E-state index in [1.165, 1.54) is 23.1 Å². The lowest BCUT2D eigenvalue weighted by atomic mass is 10.1. The third-order valence-electron chi connectivity index (χ3n) is 3.45. The van der Waals surface area contributed by atoms with Gasteiger partial charge in [0.25, 0.3) is 5.91 Å². The number of thioether (sulfide) groups is 1. The standard InChI is InChI=1S/C16H11N5O2S2/c1-24-16-20-19-15(25-16)18-14(22)12-8-11(21-23-12)13-10-5-3-2-4-9(10)6-7-17-13/h2-8H,1H3,(H,18,19,22). The molecule has 1 aromatic carbocycles. The molecule has 0 aliphatic heterocycles. The number of pyridine rings is 1. The highest BCUT2D eigenvalue weighted by atomic mass is 32.2. The fraction of sp³-hybridized carbons (Fsp3) is 0.0625. The van der Waals surface area contributed by atoms with Gasteiger partial charge in [0.15, 0.2) is 4.34 Å². The maximum Gasteiger partial charge on any atom is 0.296 e. The molecule has 0 spiro atoms. The molecule has 0 unspecified atom stereocenters. The van der Waals surface area contributed by atoms with Crippen LogP contribution in [0.3, 0.4) is 0 Å². The van der Waals surface area contributed by atoms with Gasteiger partial charge in [-0.25, -0.2) is 0 Å². The van der Waals surface area contributed by atoms with Crippen molar-refractivity contribution in [2.75, 3.05) is 11.6 Å². The largest absolute Gasteiger partial charge is 0.350 e. The number of aromatic nitrogens is 4. The minimum absolute atomic E-state index is 0.0886. The van der Waals surface area contributed by atoms with Crippen LogP contribution in [0, 0.1) is 0 Å². The summed E-state index contributed by atoms with van der Waals surface area (Å²) in [6.45, 7) is 0. The molecule has 3 heterocycles. The van der Waals surface area contributed by atoms with E-state index in [4.69, 9.17) is 4.52 Å². The zero-order valence-electron chi connectivity index (χ0n) is 13.0. The van der Waals surface area contributed by atoms with Gasteiger partial charge in [0.05, 0.1) is 5.69 Å². The highest BCUT2D eigenvalue weighted by Gasteiger charge is 2.17. The van der Waals surface area contributed by atoms with Gasteiger partial charge in [-0.3, -0.25) is 15.1 Å². The Kier molecular flexibility index (Phi) is 4.16. The first-order valence-corrected chi connectivity index (χ1v) is 9.28. The first kappa shape index (κ1) is 15.7. The zero-order chi connectivity index (χ0) is 17.2. The molecule has 0 saturated heterocycles. The average Bonchev–Trinajstić information content (AvgIpc) is 3.30. The summed E-state index contributed by atoms with van der Waals surface area (Å²) in [7, 11) is 0. The summed E-state index contributed by atoms with van der Waals surface area (Å²) in [5.74, 6) is -0.339. The fourth-order valence-corrected chi connectivity index (χ4v) is 3.48. The van der Waals surface area contributed by atoms with E-state index in [1.54, 1.807) is 12.3 Å². The van der Waals surface area contributed by atoms with Crippen LogP contribution in [0.4, 0.5) is 5.13 Å². The lowest BCUT2D eigenvalue weighted by Crippen LogP contribution is -2.10. The molecule has 0 aliphatic carbocycles. The maximum atomic E-state index is 12.3. The molecule has 0 bridgehead atoms. The van der Waals surface area contributed by atoms with Crippen molar-refractivity contribution in [1.29, 1.82) is 0 Å². The molecular weight excluding hydrogens is 358 g/mol. The molecule has 25 heavy (non-hydrogen) atoms. The summed E-state index contributed by atoms with van der Waals surface area (Å²) in [4.78, 5) is 16.7. The SMILES string of the molecule is CSc1nnc(NC(=O)c2cc(-c3nccc4ccccc34)no2)s1. The van der Waals surface area contributed by atoms with Gasteiger partial charge < -0.3 is 4.52 Å². The van der Waals surface area contributed by atoms with Crippen LogP contribution in [0.15, 0.2) is 51.5 Å². The minimum atomic E-state index is -0.428. The molecule has 124 valence electrons. The summed E-state index contributed by atoms with van der Waals surface area (Å²) >= 11 is 2.76. The number of fused-ring (bicyclic) bond motifs is 1. The summed E-state index contributed by atoms with van der Waals surface area (Å²) in [5, 5.41) is 16.9. The Morgan fingerprint density at radius 1 is 1.24 bits per heavy atom. The third kappa shape index (κ3) is 3.11. The Balaban J connectivity index is 1.62. The Labute approximate surface area is 150 Å². The molecule has 7 nitrogen and oxygen atoms in total. The number of amides is 1. The summed E-state index contributed by atoms with van der Waals surface area (Å²) in [6.07, 6.45) is 3.60. The van der Waals surface area contributed by atoms with E-state index in [0.717, 1.165) is 15.1 Å². The number of hydrogen-bond donors (Lipinski definition) is 1. The van der Waals surface area contributed by atoms with Gasteiger partial charge in [0.2, 0.25) is 10.9 Å². The molecule has 9 heteroatoms. The number of nitrogens with zero attached hydrogens (tertiary/aromatic N) is 4. The minimum Gasteiger partial charge on any atom is -0.350 e. The van der Waals surface area contributed by atoms with E-state index in [0.29, 0.717) is 16.5 Å². The summed E-state index contributed by atoms with van der Waals surface area (Å²) in [5.41, 5.74) is 1.17. The van der Waals surface area contributed by atoms with Gasteiger partial charge >= 0.3 is 0 Å². The van der Waals surface area contributed by atoms with E-state index in [1.807, 2.05) is 36.6 Å². The second-order valence-electron chi connectivity index (χ2n) is 4.99. The summed E-state index contributed by atoms with van der Waals surface area (Å²) in [6, 6.07) is 11.3. The van der Waals surface area contributed by atoms with Crippen LogP contribution in [-0.2, 0) is 0 Å². The van der Waals surface area contributed by atoms with Crippen molar-refractivity contribution in [2.24, 2.45) is 0 Å². The van der Waals surface area contributed by atoms with Crippen molar-refractivity contribution >= 4 is 44.9 Å². The molecule has 0 radical (unpaired) electrons. The average molecular weight is 369 g/mol. The van der Waals surface area contributed by atoms with Crippen molar-refractivity contribution in [1.82, 2.24) is 20.3 Å². The molecule has 3 aromatic heterocycles. The molecule has 1 amide bonds. The molecule has 0 aliphatic rings. The number of carbonyl (C=O) groups is 1. The number of hydrogen-bond acceptors (Lipinski definition) is 8. The van der Waals surface area contributed by atoms with E-state index in [9.17, 15) is 4.79 Å². The number of nitrogens with one attached hydrogen (secondary N) is 1. The lowest BCUT2D eigenvalue weighted by molar-refractivity contribution is 0.0988. The molecular formula is C16H11N5O2S2. The number of benzene rings is 1. The van der Waals surface area contributed by atoms with E-state index in [2.05, 4.69) is 25.7 Å². The first-order valence-electron chi connectivity index (χ1n) is 7.24. The van der Waals surface area contributed by atoms with Gasteiger partial charge in [0.1, 0.15) is 5.69 Å². The highest BCUT2D eigenvalue weighted by molar-refractivity contribution is 8.00. The van der Waals surface area contributed by atoms with Crippen molar-refractivity contribution in [3.63, 3.8) is 0 Å². The second-order valence-corrected chi connectivity index (χ2v) is 7.02. The van der Waals surface area contributed by atoms with Crippen LogP contribution >= 0.6 is 23.1 Å². The molecule has 0 atom stereocenters. The van der Waals surface area contributed by atoms with Crippen molar-refractivity contribution in [2.45, 2.75) is 4.34 Å². The highest BCUT2D eigenvalue weighted by Crippen LogP contribution is 2.27. The topological polar surface area (TPSA) is 93.8 Å². The van der Waals surface area contributed by atoms with Crippen LogP contribution in [-0.4, -0.2) is 32.5 Å². The van der Waals surface area contributed by atoms with Crippen molar-refractivity contribution in [3.05, 3.63) is 48.4 Å². The Hall–Kier alpha value is -2.78. The number of rotatable bonds is 4. The quantitative estimate of drug-likeness (QED) is 0.433. The van der Waals surface area contributed by atoms with E-state index >= 15 is 0 Å². The predicted octanol–water partition coefficient (Wildman–Crippen LogP) is 3.72. The van der Waals surface area contributed by atoms with Gasteiger partial charge in [0, 0.05) is 17.6 Å². The van der Waals surface area contributed by atoms with Crippen LogP contribution < -0.4 is 5.32 Å². The number of anilines is 1. The van der Waals surface area contributed by atoms with Crippen LogP contribution in [0.25, 0.3) is 22.2 Å². The van der Waals surface area contributed by atoms with Crippen molar-refractivity contribution < 1.29 is 9.32 Å². The lowest BCUT2D eigenvalue weighted by Gasteiger charge is -2.01. The summed E-state index contributed by atoms with van der Waals surface area (Å²) < 4.78 is 5.96. The van der Waals surface area contributed by atoms with Crippen molar-refractivity contribution in [3.8, 4) is 11.4 Å². The fourth-order valence-electron chi connectivity index (χ4n) is 2.32. The monoisotopic (exact) mass is 369 g/mol.